The SMILES string of the molecule is CC1CC=Cc2c(-c3cc4c(oc5ccccc54)c4c3C(C)CC=C4)c3c(c(C4Cc5c(oc6ccccc56)-c5ccccc54)c21)C=CCC3. The highest BCUT2D eigenvalue weighted by molar-refractivity contribution is 6.11. The molecule has 11 rings (SSSR count). The van der Waals surface area contributed by atoms with Gasteiger partial charge in [-0.2, -0.15) is 0 Å². The molecule has 0 saturated heterocycles. The maximum Gasteiger partial charge on any atom is 0.142 e. The summed E-state index contributed by atoms with van der Waals surface area (Å²) in [7, 11) is 0. The molecule has 2 nitrogen and oxygen atoms in total. The molecule has 2 heterocycles. The zero-order valence-corrected chi connectivity index (χ0v) is 28.6. The molecule has 0 amide bonds. The Hall–Kier alpha value is -5.34. The lowest BCUT2D eigenvalue weighted by molar-refractivity contribution is 0.613. The average molecular weight is 647 g/mol. The molecule has 2 aromatic heterocycles. The van der Waals surface area contributed by atoms with Crippen LogP contribution < -0.4 is 0 Å². The fourth-order valence-corrected chi connectivity index (χ4v) is 10.1. The third kappa shape index (κ3) is 3.85. The lowest BCUT2D eigenvalue weighted by Gasteiger charge is -2.36. The fourth-order valence-electron chi connectivity index (χ4n) is 10.1. The summed E-state index contributed by atoms with van der Waals surface area (Å²) in [5.74, 6) is 2.10. The molecule has 0 fully saturated rings. The van der Waals surface area contributed by atoms with Gasteiger partial charge in [-0.15, -0.1) is 0 Å². The van der Waals surface area contributed by atoms with Gasteiger partial charge in [0.25, 0.3) is 0 Å². The predicted molar refractivity (Wildman–Crippen MR) is 208 cm³/mol. The first-order valence-corrected chi connectivity index (χ1v) is 18.5. The molecule has 50 heavy (non-hydrogen) atoms. The smallest absolute Gasteiger partial charge is 0.142 e. The highest BCUT2D eigenvalue weighted by atomic mass is 16.3. The molecule has 0 N–H and O–H groups in total. The van der Waals surface area contributed by atoms with Crippen LogP contribution in [0.3, 0.4) is 0 Å². The van der Waals surface area contributed by atoms with E-state index in [-0.39, 0.29) is 5.92 Å². The molecule has 4 aliphatic rings. The fraction of sp³-hybridized carbons (Fsp3) is 0.208. The van der Waals surface area contributed by atoms with E-state index in [1.54, 1.807) is 0 Å². The average Bonchev–Trinajstić information content (AvgIpc) is 3.72. The van der Waals surface area contributed by atoms with Crippen molar-refractivity contribution in [3.63, 3.8) is 0 Å². The van der Waals surface area contributed by atoms with Crippen LogP contribution in [0.2, 0.25) is 0 Å². The minimum absolute atomic E-state index is 0.240. The van der Waals surface area contributed by atoms with Gasteiger partial charge in [0.1, 0.15) is 22.5 Å². The van der Waals surface area contributed by atoms with Crippen molar-refractivity contribution >= 4 is 51.1 Å². The number of allylic oxidation sites excluding steroid dienone is 3. The Morgan fingerprint density at radius 1 is 0.580 bits per heavy atom. The molecule has 2 heteroatoms. The Kier molecular flexibility index (Phi) is 6.03. The Labute approximate surface area is 292 Å². The van der Waals surface area contributed by atoms with Crippen LogP contribution in [-0.4, -0.2) is 0 Å². The number of rotatable bonds is 2. The third-order valence-corrected chi connectivity index (χ3v) is 12.2. The van der Waals surface area contributed by atoms with Gasteiger partial charge in [0.15, 0.2) is 0 Å². The number of fused-ring (bicyclic) bond motifs is 12. The molecular weight excluding hydrogens is 609 g/mol. The Balaban J connectivity index is 1.24. The van der Waals surface area contributed by atoms with Gasteiger partial charge in [-0.25, -0.2) is 0 Å². The first-order valence-electron chi connectivity index (χ1n) is 18.5. The normalized spacial score (nSPS) is 20.2. The van der Waals surface area contributed by atoms with Crippen molar-refractivity contribution in [3.8, 4) is 22.5 Å². The molecule has 0 radical (unpaired) electrons. The summed E-state index contributed by atoms with van der Waals surface area (Å²) in [5, 5.41) is 3.67. The van der Waals surface area contributed by atoms with Gasteiger partial charge >= 0.3 is 0 Å². The molecule has 7 aromatic rings. The zero-order chi connectivity index (χ0) is 33.1. The zero-order valence-electron chi connectivity index (χ0n) is 28.6. The molecule has 242 valence electrons. The van der Waals surface area contributed by atoms with Crippen LogP contribution in [0.4, 0.5) is 0 Å². The maximum absolute atomic E-state index is 6.63. The lowest BCUT2D eigenvalue weighted by Crippen LogP contribution is -2.20. The van der Waals surface area contributed by atoms with E-state index in [1.165, 1.54) is 82.9 Å². The van der Waals surface area contributed by atoms with Crippen molar-refractivity contribution in [2.24, 2.45) is 0 Å². The molecule has 5 aromatic carbocycles. The van der Waals surface area contributed by atoms with Gasteiger partial charge in [-0.3, -0.25) is 0 Å². The van der Waals surface area contributed by atoms with Crippen molar-refractivity contribution in [2.45, 2.75) is 63.7 Å². The quantitative estimate of drug-likeness (QED) is 0.187. The summed E-state index contributed by atoms with van der Waals surface area (Å²) in [4.78, 5) is 0. The van der Waals surface area contributed by atoms with Gasteiger partial charge in [-0.05, 0) is 112 Å². The van der Waals surface area contributed by atoms with E-state index in [0.29, 0.717) is 11.8 Å². The minimum atomic E-state index is 0.240. The molecule has 4 aliphatic carbocycles. The van der Waals surface area contributed by atoms with Crippen LogP contribution in [0.5, 0.6) is 0 Å². The summed E-state index contributed by atoms with van der Waals surface area (Å²) >= 11 is 0. The van der Waals surface area contributed by atoms with E-state index in [1.807, 2.05) is 0 Å². The Morgan fingerprint density at radius 3 is 2.14 bits per heavy atom. The summed E-state index contributed by atoms with van der Waals surface area (Å²) < 4.78 is 13.2. The second-order valence-corrected chi connectivity index (χ2v) is 15.0. The number of furan rings is 2. The molecule has 0 saturated carbocycles. The summed E-state index contributed by atoms with van der Waals surface area (Å²) in [6.07, 6.45) is 19.6. The molecule has 0 bridgehead atoms. The van der Waals surface area contributed by atoms with E-state index >= 15 is 0 Å². The second kappa shape index (κ2) is 10.6. The predicted octanol–water partition coefficient (Wildman–Crippen LogP) is 13.4. The van der Waals surface area contributed by atoms with Gasteiger partial charge in [-0.1, -0.05) is 111 Å². The molecule has 0 spiro atoms. The van der Waals surface area contributed by atoms with Crippen molar-refractivity contribution in [2.75, 3.05) is 0 Å². The van der Waals surface area contributed by atoms with E-state index in [2.05, 4.69) is 129 Å². The molecule has 3 unspecified atom stereocenters. The molecule has 3 atom stereocenters. The maximum atomic E-state index is 6.63. The minimum Gasteiger partial charge on any atom is -0.456 e. The summed E-state index contributed by atoms with van der Waals surface area (Å²) in [5.41, 5.74) is 20.0. The van der Waals surface area contributed by atoms with E-state index in [4.69, 9.17) is 8.83 Å². The van der Waals surface area contributed by atoms with Crippen LogP contribution in [0.15, 0.2) is 106 Å². The number of benzene rings is 5. The summed E-state index contributed by atoms with van der Waals surface area (Å²) in [6, 6.07) is 28.7. The number of hydrogen-bond acceptors (Lipinski definition) is 2. The standard InChI is InChI=1S/C48H38O2/c1-27-13-12-22-36-43(27)40(26-39-31-17-8-10-24-42(31)50-48(36)39)45-32-18-4-5-19-33(32)46(44-28(2)14-11-21-35(44)45)37-25-38-30-16-7-9-23-41(30)49-47(38)34-20-6-3-15-29(34)37/h3,5-12,15-17,19-24,26-28,37H,4,13-14,18,25H2,1-2H3. The van der Waals surface area contributed by atoms with E-state index < -0.39 is 0 Å². The topological polar surface area (TPSA) is 26.3 Å². The van der Waals surface area contributed by atoms with Gasteiger partial charge in [0, 0.05) is 38.8 Å². The van der Waals surface area contributed by atoms with Crippen molar-refractivity contribution in [1.29, 1.82) is 0 Å². The van der Waals surface area contributed by atoms with Crippen LogP contribution in [0.25, 0.3) is 73.6 Å². The Bertz CT molecular complexity index is 2670. The number of para-hydroxylation sites is 2. The lowest BCUT2D eigenvalue weighted by atomic mass is 9.67. The van der Waals surface area contributed by atoms with Crippen LogP contribution in [-0.2, 0) is 12.8 Å². The third-order valence-electron chi connectivity index (χ3n) is 12.2. The van der Waals surface area contributed by atoms with Crippen molar-refractivity contribution in [1.82, 2.24) is 0 Å². The summed E-state index contributed by atoms with van der Waals surface area (Å²) in [6.45, 7) is 4.85. The first-order chi connectivity index (χ1) is 24.7. The van der Waals surface area contributed by atoms with Crippen molar-refractivity contribution in [3.05, 3.63) is 147 Å². The number of hydrogen-bond donors (Lipinski definition) is 0. The van der Waals surface area contributed by atoms with Gasteiger partial charge in [0.2, 0.25) is 0 Å². The first kappa shape index (κ1) is 28.5. The second-order valence-electron chi connectivity index (χ2n) is 15.0. The van der Waals surface area contributed by atoms with E-state index in [0.717, 1.165) is 54.6 Å². The van der Waals surface area contributed by atoms with Crippen molar-refractivity contribution < 1.29 is 8.83 Å². The Morgan fingerprint density at radius 2 is 1.28 bits per heavy atom. The van der Waals surface area contributed by atoms with E-state index in [9.17, 15) is 0 Å². The van der Waals surface area contributed by atoms with Gasteiger partial charge in [0.05, 0.1) is 0 Å². The molecular formula is C48H38O2. The highest BCUT2D eigenvalue weighted by Crippen LogP contribution is 2.55. The van der Waals surface area contributed by atoms with Crippen LogP contribution >= 0.6 is 0 Å². The molecule has 0 aliphatic heterocycles. The van der Waals surface area contributed by atoms with Crippen LogP contribution in [0, 0.1) is 0 Å². The van der Waals surface area contributed by atoms with Crippen LogP contribution in [0.1, 0.15) is 101 Å². The largest absolute Gasteiger partial charge is 0.456 e. The highest BCUT2D eigenvalue weighted by Gasteiger charge is 2.37. The monoisotopic (exact) mass is 646 g/mol. The van der Waals surface area contributed by atoms with Gasteiger partial charge < -0.3 is 8.83 Å².